The number of ether oxygens (including phenoxy) is 1. The van der Waals surface area contributed by atoms with Crippen LogP contribution in [0.5, 0.6) is 0 Å². The molecule has 0 radical (unpaired) electrons. The molecule has 0 saturated carbocycles. The molecule has 2 atom stereocenters. The second-order valence-corrected chi connectivity index (χ2v) is 5.31. The van der Waals surface area contributed by atoms with Gasteiger partial charge in [-0.1, -0.05) is 30.3 Å². The molecule has 2 heterocycles. The van der Waals surface area contributed by atoms with Gasteiger partial charge in [0.15, 0.2) is 5.72 Å². The van der Waals surface area contributed by atoms with Gasteiger partial charge in [-0.2, -0.15) is 0 Å². The Bertz CT molecular complexity index is 499. The first kappa shape index (κ1) is 11.0. The molecule has 0 aliphatic carbocycles. The van der Waals surface area contributed by atoms with Crippen molar-refractivity contribution in [3.8, 4) is 0 Å². The van der Waals surface area contributed by atoms with Crippen LogP contribution in [-0.2, 0) is 9.53 Å². The Morgan fingerprint density at radius 1 is 1.41 bits per heavy atom. The van der Waals surface area contributed by atoms with Crippen molar-refractivity contribution in [3.63, 3.8) is 0 Å². The maximum atomic E-state index is 12.1. The van der Waals surface area contributed by atoms with E-state index in [1.54, 1.807) is 4.90 Å². The van der Waals surface area contributed by atoms with Crippen molar-refractivity contribution >= 4 is 21.8 Å². The van der Waals surface area contributed by atoms with Gasteiger partial charge in [0.25, 0.3) is 5.91 Å². The Labute approximate surface area is 108 Å². The second kappa shape index (κ2) is 3.68. The largest absolute Gasteiger partial charge is 0.350 e. The number of hydrogen-bond acceptors (Lipinski definition) is 2. The molecule has 3 rings (SSSR count). The molecule has 0 spiro atoms. The molecule has 0 N–H and O–H groups in total. The molecule has 1 aromatic carbocycles. The van der Waals surface area contributed by atoms with Crippen molar-refractivity contribution in [1.82, 2.24) is 4.90 Å². The fourth-order valence-electron chi connectivity index (χ4n) is 2.49. The number of amides is 1. The van der Waals surface area contributed by atoms with E-state index >= 15 is 0 Å². The molecule has 0 unspecified atom stereocenters. The van der Waals surface area contributed by atoms with E-state index < -0.39 is 5.72 Å². The van der Waals surface area contributed by atoms with Crippen molar-refractivity contribution in [2.75, 3.05) is 6.61 Å². The van der Waals surface area contributed by atoms with Gasteiger partial charge in [0.1, 0.15) is 0 Å². The summed E-state index contributed by atoms with van der Waals surface area (Å²) >= 11 is 3.28. The monoisotopic (exact) mass is 293 g/mol. The van der Waals surface area contributed by atoms with E-state index in [9.17, 15) is 4.79 Å². The van der Waals surface area contributed by atoms with Crippen LogP contribution in [0.15, 0.2) is 40.9 Å². The lowest BCUT2D eigenvalue weighted by molar-refractivity contribution is -0.134. The minimum atomic E-state index is -0.601. The van der Waals surface area contributed by atoms with Crippen molar-refractivity contribution in [2.45, 2.75) is 18.7 Å². The normalized spacial score (nSPS) is 31.6. The summed E-state index contributed by atoms with van der Waals surface area (Å²) in [5, 5.41) is 0. The van der Waals surface area contributed by atoms with Gasteiger partial charge in [-0.25, -0.2) is 0 Å². The van der Waals surface area contributed by atoms with Crippen LogP contribution in [0.3, 0.4) is 0 Å². The number of carbonyl (C=O) groups excluding carboxylic acids is 1. The third kappa shape index (κ3) is 1.55. The molecule has 17 heavy (non-hydrogen) atoms. The molecule has 88 valence electrons. The maximum absolute atomic E-state index is 12.1. The van der Waals surface area contributed by atoms with E-state index in [4.69, 9.17) is 4.74 Å². The van der Waals surface area contributed by atoms with Gasteiger partial charge in [-0.3, -0.25) is 9.69 Å². The average Bonchev–Trinajstić information content (AvgIpc) is 2.76. The molecule has 0 bridgehead atoms. The number of hydrogen-bond donors (Lipinski definition) is 0. The lowest BCUT2D eigenvalue weighted by atomic mass is 10.1. The molecule has 0 aromatic heterocycles. The first-order chi connectivity index (χ1) is 8.12. The highest BCUT2D eigenvalue weighted by Crippen LogP contribution is 2.44. The van der Waals surface area contributed by atoms with E-state index in [0.717, 1.165) is 5.56 Å². The predicted octanol–water partition coefficient (Wildman–Crippen LogP) is 2.60. The van der Waals surface area contributed by atoms with Gasteiger partial charge < -0.3 is 4.74 Å². The third-order valence-corrected chi connectivity index (χ3v) is 3.89. The molecule has 2 aliphatic rings. The van der Waals surface area contributed by atoms with Crippen LogP contribution in [-0.4, -0.2) is 23.1 Å². The topological polar surface area (TPSA) is 29.5 Å². The van der Waals surface area contributed by atoms with Crippen molar-refractivity contribution in [2.24, 2.45) is 0 Å². The van der Waals surface area contributed by atoms with E-state index in [0.29, 0.717) is 11.1 Å². The van der Waals surface area contributed by atoms with Crippen LogP contribution in [0.2, 0.25) is 0 Å². The molecule has 1 amide bonds. The third-order valence-electron chi connectivity index (χ3n) is 3.33. The number of benzene rings is 1. The zero-order chi connectivity index (χ0) is 12.0. The minimum Gasteiger partial charge on any atom is -0.350 e. The molecule has 1 saturated heterocycles. The zero-order valence-electron chi connectivity index (χ0n) is 9.39. The Balaban J connectivity index is 2.00. The highest BCUT2D eigenvalue weighted by Gasteiger charge is 2.51. The first-order valence-electron chi connectivity index (χ1n) is 5.53. The maximum Gasteiger partial charge on any atom is 0.263 e. The predicted molar refractivity (Wildman–Crippen MR) is 67.4 cm³/mol. The van der Waals surface area contributed by atoms with Gasteiger partial charge in [0.2, 0.25) is 0 Å². The summed E-state index contributed by atoms with van der Waals surface area (Å²) in [4.78, 5) is 13.9. The Morgan fingerprint density at radius 2 is 2.12 bits per heavy atom. The van der Waals surface area contributed by atoms with Crippen molar-refractivity contribution in [3.05, 3.63) is 46.5 Å². The van der Waals surface area contributed by atoms with Gasteiger partial charge >= 0.3 is 0 Å². The highest BCUT2D eigenvalue weighted by molar-refractivity contribution is 9.12. The fraction of sp³-hybridized carbons (Fsp3) is 0.308. The fourth-order valence-corrected chi connectivity index (χ4v) is 3.10. The van der Waals surface area contributed by atoms with E-state index in [-0.39, 0.29) is 11.9 Å². The molecular formula is C13H12BrNO2. The summed E-state index contributed by atoms with van der Waals surface area (Å²) in [7, 11) is 0. The van der Waals surface area contributed by atoms with Crippen LogP contribution in [0.1, 0.15) is 18.5 Å². The molecule has 1 fully saturated rings. The quantitative estimate of drug-likeness (QED) is 0.797. The van der Waals surface area contributed by atoms with Crippen LogP contribution in [0.25, 0.3) is 0 Å². The van der Waals surface area contributed by atoms with E-state index in [1.807, 2.05) is 43.3 Å². The molecule has 4 heteroatoms. The van der Waals surface area contributed by atoms with E-state index in [2.05, 4.69) is 15.9 Å². The summed E-state index contributed by atoms with van der Waals surface area (Å²) in [5.74, 6) is -0.00106. The molecule has 1 aromatic rings. The molecular weight excluding hydrogens is 282 g/mol. The standard InChI is InChI=1S/C13H12BrNO2/c1-13-7-10(14)12(16)15(13)11(8-17-13)9-5-3-2-4-6-9/h2-7,11H,8H2,1H3/t11-,13-/m1/s1. The highest BCUT2D eigenvalue weighted by atomic mass is 79.9. The summed E-state index contributed by atoms with van der Waals surface area (Å²) in [6.07, 6.45) is 1.83. The minimum absolute atomic E-state index is 0.000000000000000222. The lowest BCUT2D eigenvalue weighted by Gasteiger charge is -2.29. The first-order valence-corrected chi connectivity index (χ1v) is 6.32. The Morgan fingerprint density at radius 3 is 2.82 bits per heavy atom. The summed E-state index contributed by atoms with van der Waals surface area (Å²) in [6.45, 7) is 2.46. The van der Waals surface area contributed by atoms with Crippen LogP contribution >= 0.6 is 15.9 Å². The van der Waals surface area contributed by atoms with Crippen molar-refractivity contribution in [1.29, 1.82) is 0 Å². The van der Waals surface area contributed by atoms with Gasteiger partial charge in [0.05, 0.1) is 17.1 Å². The Kier molecular flexibility index (Phi) is 2.38. The Hall–Kier alpha value is -1.13. The lowest BCUT2D eigenvalue weighted by Crippen LogP contribution is -2.40. The SMILES string of the molecule is C[C@@]12C=C(Br)C(=O)N1[C@@H](c1ccccc1)CO2. The number of carbonyl (C=O) groups is 1. The average molecular weight is 294 g/mol. The second-order valence-electron chi connectivity index (χ2n) is 4.46. The van der Waals surface area contributed by atoms with Crippen LogP contribution < -0.4 is 0 Å². The number of fused-ring (bicyclic) bond motifs is 1. The number of halogens is 1. The van der Waals surface area contributed by atoms with Gasteiger partial charge in [-0.15, -0.1) is 0 Å². The molecule has 2 aliphatic heterocycles. The van der Waals surface area contributed by atoms with Crippen molar-refractivity contribution < 1.29 is 9.53 Å². The summed E-state index contributed by atoms with van der Waals surface area (Å²) < 4.78 is 6.35. The van der Waals surface area contributed by atoms with Gasteiger partial charge in [-0.05, 0) is 34.5 Å². The van der Waals surface area contributed by atoms with Crippen LogP contribution in [0.4, 0.5) is 0 Å². The zero-order valence-corrected chi connectivity index (χ0v) is 11.0. The molecule has 3 nitrogen and oxygen atoms in total. The summed E-state index contributed by atoms with van der Waals surface area (Å²) in [5.41, 5.74) is 0.511. The van der Waals surface area contributed by atoms with Crippen LogP contribution in [0, 0.1) is 0 Å². The van der Waals surface area contributed by atoms with Gasteiger partial charge in [0, 0.05) is 0 Å². The van der Waals surface area contributed by atoms with E-state index in [1.165, 1.54) is 0 Å². The smallest absolute Gasteiger partial charge is 0.263 e. The number of rotatable bonds is 1. The number of nitrogens with zero attached hydrogens (tertiary/aromatic N) is 1. The summed E-state index contributed by atoms with van der Waals surface area (Å²) in [6, 6.07) is 9.99.